The van der Waals surface area contributed by atoms with Gasteiger partial charge >= 0.3 is 11.9 Å². The summed E-state index contributed by atoms with van der Waals surface area (Å²) in [5, 5.41) is 18.0. The van der Waals surface area contributed by atoms with Crippen LogP contribution in [-0.4, -0.2) is 34.7 Å². The van der Waals surface area contributed by atoms with Crippen LogP contribution >= 0.6 is 0 Å². The molecule has 5 nitrogen and oxygen atoms in total. The lowest BCUT2D eigenvalue weighted by atomic mass is 10.1. The van der Waals surface area contributed by atoms with Gasteiger partial charge in [-0.05, 0) is 19.9 Å². The van der Waals surface area contributed by atoms with E-state index in [1.54, 1.807) is 0 Å². The number of rotatable bonds is 0. The van der Waals surface area contributed by atoms with Gasteiger partial charge in [0.15, 0.2) is 0 Å². The van der Waals surface area contributed by atoms with Crippen LogP contribution in [0.25, 0.3) is 0 Å². The lowest BCUT2D eigenvalue weighted by Gasteiger charge is -2.22. The van der Waals surface area contributed by atoms with E-state index in [-0.39, 0.29) is 0 Å². The van der Waals surface area contributed by atoms with Crippen LogP contribution in [0, 0.1) is 0 Å². The summed E-state index contributed by atoms with van der Waals surface area (Å²) >= 11 is 0. The van der Waals surface area contributed by atoms with E-state index in [0.29, 0.717) is 0 Å². The van der Waals surface area contributed by atoms with Crippen LogP contribution in [0.15, 0.2) is 0 Å². The molecule has 0 aromatic carbocycles. The van der Waals surface area contributed by atoms with Crippen molar-refractivity contribution < 1.29 is 19.8 Å². The number of hydrogen-bond acceptors (Lipinski definition) is 3. The maximum absolute atomic E-state index is 9.10. The molecule has 0 aliphatic carbocycles. The summed E-state index contributed by atoms with van der Waals surface area (Å²) in [4.78, 5) is 18.2. The van der Waals surface area contributed by atoms with Gasteiger partial charge < -0.3 is 15.5 Å². The summed E-state index contributed by atoms with van der Waals surface area (Å²) < 4.78 is 0. The number of aliphatic carboxylic acids is 2. The molecule has 1 aliphatic heterocycles. The summed E-state index contributed by atoms with van der Waals surface area (Å²) in [7, 11) is 0. The lowest BCUT2D eigenvalue weighted by molar-refractivity contribution is -0.159. The molecule has 0 aromatic heterocycles. The molecule has 1 rings (SSSR count). The van der Waals surface area contributed by atoms with Crippen LogP contribution in [0.2, 0.25) is 0 Å². The second-order valence-corrected chi connectivity index (χ2v) is 2.25. The predicted octanol–water partition coefficient (Wildman–Crippen LogP) is -0.476. The third-order valence-corrected chi connectivity index (χ3v) is 1.25. The van der Waals surface area contributed by atoms with Gasteiger partial charge in [0.25, 0.3) is 0 Å². The van der Waals surface area contributed by atoms with Crippen LogP contribution in [0.1, 0.15) is 13.3 Å². The normalized spacial score (nSPS) is 20.6. The highest BCUT2D eigenvalue weighted by molar-refractivity contribution is 6.27. The zero-order chi connectivity index (χ0) is 8.85. The monoisotopic (exact) mass is 161 g/mol. The van der Waals surface area contributed by atoms with E-state index in [4.69, 9.17) is 19.8 Å². The number of carboxylic acid groups (broad SMARTS) is 2. The second-order valence-electron chi connectivity index (χ2n) is 2.25. The minimum atomic E-state index is -1.82. The van der Waals surface area contributed by atoms with Crippen molar-refractivity contribution >= 4 is 11.9 Å². The van der Waals surface area contributed by atoms with Gasteiger partial charge in [-0.3, -0.25) is 0 Å². The summed E-state index contributed by atoms with van der Waals surface area (Å²) in [5.41, 5.74) is 0. The Morgan fingerprint density at radius 1 is 1.36 bits per heavy atom. The molecule has 1 aliphatic rings. The van der Waals surface area contributed by atoms with E-state index in [1.807, 2.05) is 0 Å². The van der Waals surface area contributed by atoms with Gasteiger partial charge in [0.2, 0.25) is 0 Å². The zero-order valence-corrected chi connectivity index (χ0v) is 6.20. The third-order valence-electron chi connectivity index (χ3n) is 1.25. The molecular formula is C6H11NO4. The molecule has 0 saturated carbocycles. The summed E-state index contributed by atoms with van der Waals surface area (Å²) in [5.74, 6) is -3.65. The molecule has 0 bridgehead atoms. The van der Waals surface area contributed by atoms with Crippen molar-refractivity contribution in [2.45, 2.75) is 19.4 Å². The molecule has 5 heteroatoms. The quantitative estimate of drug-likeness (QED) is 0.418. The number of nitrogens with one attached hydrogen (secondary N) is 1. The van der Waals surface area contributed by atoms with Gasteiger partial charge in [0, 0.05) is 6.04 Å². The van der Waals surface area contributed by atoms with Crippen molar-refractivity contribution in [1.82, 2.24) is 5.32 Å². The van der Waals surface area contributed by atoms with Gasteiger partial charge in [-0.15, -0.1) is 0 Å². The Morgan fingerprint density at radius 3 is 1.64 bits per heavy atom. The van der Waals surface area contributed by atoms with Crippen molar-refractivity contribution in [1.29, 1.82) is 0 Å². The van der Waals surface area contributed by atoms with Gasteiger partial charge in [-0.1, -0.05) is 0 Å². The molecule has 1 heterocycles. The average molecular weight is 161 g/mol. The number of hydrogen-bond donors (Lipinski definition) is 3. The topological polar surface area (TPSA) is 86.6 Å². The van der Waals surface area contributed by atoms with Crippen molar-refractivity contribution in [3.8, 4) is 0 Å². The van der Waals surface area contributed by atoms with Gasteiger partial charge in [-0.25, -0.2) is 9.59 Å². The molecule has 0 aromatic rings. The fourth-order valence-corrected chi connectivity index (χ4v) is 0.433. The smallest absolute Gasteiger partial charge is 0.414 e. The molecule has 1 atom stereocenters. The largest absolute Gasteiger partial charge is 0.473 e. The first-order valence-corrected chi connectivity index (χ1v) is 3.23. The predicted molar refractivity (Wildman–Crippen MR) is 37.4 cm³/mol. The first-order valence-electron chi connectivity index (χ1n) is 3.23. The highest BCUT2D eigenvalue weighted by Gasteiger charge is 2.07. The molecule has 0 unspecified atom stereocenters. The molecule has 1 saturated heterocycles. The Bertz CT molecular complexity index is 141. The van der Waals surface area contributed by atoms with Gasteiger partial charge in [0.1, 0.15) is 0 Å². The minimum Gasteiger partial charge on any atom is -0.473 e. The second kappa shape index (κ2) is 4.68. The first-order chi connectivity index (χ1) is 5.04. The first kappa shape index (κ1) is 9.90. The Hall–Kier alpha value is -1.10. The maximum atomic E-state index is 9.10. The van der Waals surface area contributed by atoms with Crippen molar-refractivity contribution in [2.75, 3.05) is 6.54 Å². The Balaban J connectivity index is 0.000000183. The molecule has 0 spiro atoms. The van der Waals surface area contributed by atoms with Gasteiger partial charge in [0.05, 0.1) is 0 Å². The zero-order valence-electron chi connectivity index (χ0n) is 6.20. The standard InChI is InChI=1S/C4H9N.C2H2O4/c1-4-2-3-5-4;3-1(4)2(5)6/h4-5H,2-3H2,1H3;(H,3,4)(H,5,6)/t4-;/m0./s1. The fraction of sp³-hybridized carbons (Fsp3) is 0.667. The molecule has 0 amide bonds. The maximum Gasteiger partial charge on any atom is 0.414 e. The van der Waals surface area contributed by atoms with Crippen molar-refractivity contribution in [2.24, 2.45) is 0 Å². The van der Waals surface area contributed by atoms with E-state index in [1.165, 1.54) is 13.0 Å². The van der Waals surface area contributed by atoms with E-state index >= 15 is 0 Å². The number of carbonyl (C=O) groups is 2. The molecule has 64 valence electrons. The third kappa shape index (κ3) is 5.35. The van der Waals surface area contributed by atoms with Crippen LogP contribution in [0.5, 0.6) is 0 Å². The summed E-state index contributed by atoms with van der Waals surface area (Å²) in [6.45, 7) is 3.44. The number of carboxylic acids is 2. The van der Waals surface area contributed by atoms with Gasteiger partial charge in [-0.2, -0.15) is 0 Å². The van der Waals surface area contributed by atoms with Crippen LogP contribution in [0.4, 0.5) is 0 Å². The van der Waals surface area contributed by atoms with E-state index < -0.39 is 11.9 Å². The molecular weight excluding hydrogens is 150 g/mol. The van der Waals surface area contributed by atoms with Crippen LogP contribution < -0.4 is 5.32 Å². The average Bonchev–Trinajstić information content (AvgIpc) is 1.85. The Labute approximate surface area is 64.0 Å². The fourth-order valence-electron chi connectivity index (χ4n) is 0.433. The van der Waals surface area contributed by atoms with E-state index in [9.17, 15) is 0 Å². The highest BCUT2D eigenvalue weighted by Crippen LogP contribution is 1.96. The highest BCUT2D eigenvalue weighted by atomic mass is 16.4. The molecule has 3 N–H and O–H groups in total. The molecule has 1 fully saturated rings. The minimum absolute atomic E-state index is 0.815. The molecule has 11 heavy (non-hydrogen) atoms. The summed E-state index contributed by atoms with van der Waals surface area (Å²) in [6, 6.07) is 0.815. The van der Waals surface area contributed by atoms with E-state index in [2.05, 4.69) is 12.2 Å². The summed E-state index contributed by atoms with van der Waals surface area (Å²) in [6.07, 6.45) is 1.38. The van der Waals surface area contributed by atoms with Crippen molar-refractivity contribution in [3.63, 3.8) is 0 Å². The van der Waals surface area contributed by atoms with Crippen LogP contribution in [-0.2, 0) is 9.59 Å². The lowest BCUT2D eigenvalue weighted by Crippen LogP contribution is -2.39. The van der Waals surface area contributed by atoms with Crippen LogP contribution in [0.3, 0.4) is 0 Å². The van der Waals surface area contributed by atoms with E-state index in [0.717, 1.165) is 6.04 Å². The van der Waals surface area contributed by atoms with Crippen molar-refractivity contribution in [3.05, 3.63) is 0 Å². The SMILES string of the molecule is C[C@H]1CCN1.O=C(O)C(=O)O. The Morgan fingerprint density at radius 2 is 1.64 bits per heavy atom. The molecule has 0 radical (unpaired) electrons. The Kier molecular flexibility index (Phi) is 4.21.